The van der Waals surface area contributed by atoms with Crippen molar-refractivity contribution in [2.45, 2.75) is 45.2 Å². The van der Waals surface area contributed by atoms with Gasteiger partial charge in [0.15, 0.2) is 0 Å². The summed E-state index contributed by atoms with van der Waals surface area (Å²) in [6, 6.07) is 17.6. The molecule has 1 saturated heterocycles. The Morgan fingerprint density at radius 1 is 1.13 bits per heavy atom. The molecule has 0 radical (unpaired) electrons. The van der Waals surface area contributed by atoms with E-state index >= 15 is 0 Å². The van der Waals surface area contributed by atoms with E-state index in [2.05, 4.69) is 34.5 Å². The summed E-state index contributed by atoms with van der Waals surface area (Å²) in [5.41, 5.74) is 2.23. The first-order chi connectivity index (χ1) is 14.3. The monoisotopic (exact) mass is 408 g/mol. The molecule has 2 atom stereocenters. The number of nitrogens with one attached hydrogen (secondary N) is 1. The highest BCUT2D eigenvalue weighted by atomic mass is 16.5. The number of carbonyl (C=O) groups is 2. The first-order valence-corrected chi connectivity index (χ1v) is 10.6. The Morgan fingerprint density at radius 2 is 1.80 bits per heavy atom. The minimum Gasteiger partial charge on any atom is -0.465 e. The number of hydrogen-bond acceptors (Lipinski definition) is 4. The Balaban J connectivity index is 1.58. The Morgan fingerprint density at radius 3 is 2.43 bits per heavy atom. The van der Waals surface area contributed by atoms with Gasteiger partial charge in [0.1, 0.15) is 0 Å². The van der Waals surface area contributed by atoms with Gasteiger partial charge in [-0.2, -0.15) is 0 Å². The Labute approximate surface area is 179 Å². The van der Waals surface area contributed by atoms with Gasteiger partial charge in [0.25, 0.3) is 0 Å². The molecule has 0 aliphatic carbocycles. The maximum absolute atomic E-state index is 13.1. The zero-order valence-corrected chi connectivity index (χ0v) is 18.4. The fourth-order valence-corrected chi connectivity index (χ4v) is 4.08. The molecule has 2 aromatic rings. The number of amides is 1. The third kappa shape index (κ3) is 5.08. The molecule has 1 aliphatic rings. The number of esters is 1. The predicted octanol–water partition coefficient (Wildman–Crippen LogP) is 3.99. The third-order valence-electron chi connectivity index (χ3n) is 6.18. The van der Waals surface area contributed by atoms with E-state index in [0.29, 0.717) is 11.5 Å². The summed E-state index contributed by atoms with van der Waals surface area (Å²) in [5, 5.41) is 3.14. The molecular formula is C25H32N2O3. The van der Waals surface area contributed by atoms with Crippen molar-refractivity contribution >= 4 is 11.9 Å². The summed E-state index contributed by atoms with van der Waals surface area (Å²) in [6.07, 6.45) is 2.16. The molecule has 1 heterocycles. The number of carbonyl (C=O) groups excluding carboxylic acids is 2. The zero-order valence-electron chi connectivity index (χ0n) is 18.4. The molecule has 30 heavy (non-hydrogen) atoms. The zero-order chi connectivity index (χ0) is 21.7. The molecule has 0 aromatic heterocycles. The molecule has 1 N–H and O–H groups in total. The maximum Gasteiger partial charge on any atom is 0.337 e. The second-order valence-electron chi connectivity index (χ2n) is 8.66. The van der Waals surface area contributed by atoms with Crippen molar-refractivity contribution in [2.24, 2.45) is 5.92 Å². The van der Waals surface area contributed by atoms with E-state index in [1.54, 1.807) is 12.1 Å². The summed E-state index contributed by atoms with van der Waals surface area (Å²) in [7, 11) is 1.37. The summed E-state index contributed by atoms with van der Waals surface area (Å²) in [6.45, 7) is 7.82. The number of ether oxygens (including phenoxy) is 1. The number of rotatable bonds is 7. The van der Waals surface area contributed by atoms with Gasteiger partial charge < -0.3 is 10.1 Å². The van der Waals surface area contributed by atoms with Crippen LogP contribution in [0, 0.1) is 5.92 Å². The van der Waals surface area contributed by atoms with E-state index in [1.807, 2.05) is 39.0 Å². The van der Waals surface area contributed by atoms with Gasteiger partial charge >= 0.3 is 5.97 Å². The van der Waals surface area contributed by atoms with Crippen LogP contribution in [0.5, 0.6) is 0 Å². The van der Waals surface area contributed by atoms with Gasteiger partial charge in [0.05, 0.1) is 24.3 Å². The standard InChI is InChI=1S/C25H32N2O3/c1-18(21-10-12-22(13-11-21)23(28)30-4)26-24(29)25(2,3)27-15-14-20(17-27)16-19-8-6-5-7-9-19/h5-13,18,20H,14-17H2,1-4H3,(H,26,29)/t18-,20?/m0/s1. The van der Waals surface area contributed by atoms with Gasteiger partial charge in [-0.15, -0.1) is 0 Å². The fourth-order valence-electron chi connectivity index (χ4n) is 4.08. The number of methoxy groups -OCH3 is 1. The van der Waals surface area contributed by atoms with Crippen LogP contribution in [0.2, 0.25) is 0 Å². The van der Waals surface area contributed by atoms with Crippen LogP contribution >= 0.6 is 0 Å². The van der Waals surface area contributed by atoms with Crippen molar-refractivity contribution < 1.29 is 14.3 Å². The topological polar surface area (TPSA) is 58.6 Å². The second kappa shape index (κ2) is 9.43. The van der Waals surface area contributed by atoms with Crippen molar-refractivity contribution in [1.29, 1.82) is 0 Å². The van der Waals surface area contributed by atoms with Crippen LogP contribution in [0.25, 0.3) is 0 Å². The van der Waals surface area contributed by atoms with E-state index < -0.39 is 5.54 Å². The predicted molar refractivity (Wildman–Crippen MR) is 118 cm³/mol. The van der Waals surface area contributed by atoms with E-state index in [0.717, 1.165) is 31.5 Å². The molecule has 0 bridgehead atoms. The van der Waals surface area contributed by atoms with E-state index in [9.17, 15) is 9.59 Å². The van der Waals surface area contributed by atoms with Crippen molar-refractivity contribution in [2.75, 3.05) is 20.2 Å². The maximum atomic E-state index is 13.1. The van der Waals surface area contributed by atoms with Gasteiger partial charge in [0.2, 0.25) is 5.91 Å². The average molecular weight is 409 g/mol. The van der Waals surface area contributed by atoms with Crippen molar-refractivity contribution in [3.63, 3.8) is 0 Å². The summed E-state index contributed by atoms with van der Waals surface area (Å²) < 4.78 is 4.73. The van der Waals surface area contributed by atoms with Crippen LogP contribution in [-0.4, -0.2) is 42.5 Å². The lowest BCUT2D eigenvalue weighted by molar-refractivity contribution is -0.131. The average Bonchev–Trinajstić information content (AvgIpc) is 3.23. The quantitative estimate of drug-likeness (QED) is 0.704. The minimum absolute atomic E-state index is 0.0207. The highest BCUT2D eigenvalue weighted by molar-refractivity contribution is 5.89. The Kier molecular flexibility index (Phi) is 6.93. The summed E-state index contributed by atoms with van der Waals surface area (Å²) in [4.78, 5) is 27.0. The van der Waals surface area contributed by atoms with E-state index in [4.69, 9.17) is 4.74 Å². The first-order valence-electron chi connectivity index (χ1n) is 10.6. The Bertz CT molecular complexity index is 862. The fraction of sp³-hybridized carbons (Fsp3) is 0.440. The van der Waals surface area contributed by atoms with E-state index in [-0.39, 0.29) is 17.9 Å². The number of likely N-dealkylation sites (tertiary alicyclic amines) is 1. The first kappa shape index (κ1) is 22.0. The molecule has 2 aromatic carbocycles. The molecule has 3 rings (SSSR count). The lowest BCUT2D eigenvalue weighted by atomic mass is 9.97. The molecule has 5 nitrogen and oxygen atoms in total. The van der Waals surface area contributed by atoms with Crippen molar-refractivity contribution in [3.8, 4) is 0 Å². The largest absolute Gasteiger partial charge is 0.465 e. The molecule has 5 heteroatoms. The molecular weight excluding hydrogens is 376 g/mol. The SMILES string of the molecule is COC(=O)c1ccc([C@H](C)NC(=O)C(C)(C)N2CCC(Cc3ccccc3)C2)cc1. The van der Waals surface area contributed by atoms with E-state index in [1.165, 1.54) is 12.7 Å². The Hall–Kier alpha value is -2.66. The molecule has 1 aliphatic heterocycles. The third-order valence-corrected chi connectivity index (χ3v) is 6.18. The molecule has 0 spiro atoms. The molecule has 1 fully saturated rings. The van der Waals surface area contributed by atoms with Crippen LogP contribution in [0.3, 0.4) is 0 Å². The van der Waals surface area contributed by atoms with Gasteiger partial charge in [-0.25, -0.2) is 4.79 Å². The highest BCUT2D eigenvalue weighted by Gasteiger charge is 2.39. The number of nitrogens with zero attached hydrogens (tertiary/aromatic N) is 1. The smallest absolute Gasteiger partial charge is 0.337 e. The molecule has 0 saturated carbocycles. The van der Waals surface area contributed by atoms with Crippen molar-refractivity contribution in [1.82, 2.24) is 10.2 Å². The van der Waals surface area contributed by atoms with Crippen LogP contribution < -0.4 is 5.32 Å². The van der Waals surface area contributed by atoms with Crippen LogP contribution in [0.1, 0.15) is 54.7 Å². The van der Waals surface area contributed by atoms with Gasteiger partial charge in [0, 0.05) is 6.54 Å². The lowest BCUT2D eigenvalue weighted by Crippen LogP contribution is -2.54. The second-order valence-corrected chi connectivity index (χ2v) is 8.66. The molecule has 1 unspecified atom stereocenters. The minimum atomic E-state index is -0.578. The van der Waals surface area contributed by atoms with Crippen LogP contribution in [-0.2, 0) is 16.0 Å². The van der Waals surface area contributed by atoms with Gasteiger partial charge in [-0.1, -0.05) is 42.5 Å². The van der Waals surface area contributed by atoms with Gasteiger partial charge in [-0.3, -0.25) is 9.69 Å². The summed E-state index contributed by atoms with van der Waals surface area (Å²) in [5.74, 6) is 0.230. The molecule has 160 valence electrons. The van der Waals surface area contributed by atoms with Crippen LogP contribution in [0.4, 0.5) is 0 Å². The molecule has 1 amide bonds. The summed E-state index contributed by atoms with van der Waals surface area (Å²) >= 11 is 0. The van der Waals surface area contributed by atoms with Crippen molar-refractivity contribution in [3.05, 3.63) is 71.3 Å². The normalized spacial score (nSPS) is 18.1. The number of benzene rings is 2. The highest BCUT2D eigenvalue weighted by Crippen LogP contribution is 2.28. The lowest BCUT2D eigenvalue weighted by Gasteiger charge is -2.35. The van der Waals surface area contributed by atoms with Crippen LogP contribution in [0.15, 0.2) is 54.6 Å². The number of hydrogen-bond donors (Lipinski definition) is 1. The van der Waals surface area contributed by atoms with Gasteiger partial charge in [-0.05, 0) is 69.3 Å².